The molecular weight excluding hydrogens is 414 g/mol. The van der Waals surface area contributed by atoms with Gasteiger partial charge in [0.25, 0.3) is 0 Å². The Kier molecular flexibility index (Phi) is 4.62. The van der Waals surface area contributed by atoms with Gasteiger partial charge in [0.1, 0.15) is 11.2 Å². The summed E-state index contributed by atoms with van der Waals surface area (Å²) in [7, 11) is 5.00. The van der Waals surface area contributed by atoms with Crippen LogP contribution in [-0.2, 0) is 14.2 Å². The van der Waals surface area contributed by atoms with Crippen LogP contribution in [0, 0.1) is 34.5 Å². The maximum absolute atomic E-state index is 12.6. The van der Waals surface area contributed by atoms with Crippen LogP contribution in [0.2, 0.25) is 0 Å². The van der Waals surface area contributed by atoms with E-state index >= 15 is 0 Å². The van der Waals surface area contributed by atoms with Gasteiger partial charge in [-0.15, -0.1) is 0 Å². The van der Waals surface area contributed by atoms with Gasteiger partial charge in [-0.05, 0) is 31.7 Å². The number of rotatable bonds is 5. The molecule has 6 aliphatic rings. The SMILES string of the molecule is CCN1C[C@]2(COC)CC[C@H](O)[C@]34C1[C@](O)([C@@H](O)[C@H]23)[C@@]1(O)C[C@H](OC)[C@H]2C[C@@H]4[C@@H]1[C@H]2OC. The molecule has 1 aliphatic heterocycles. The van der Waals surface area contributed by atoms with Crippen molar-refractivity contribution in [1.82, 2.24) is 4.90 Å². The Morgan fingerprint density at radius 3 is 2.47 bits per heavy atom. The first-order valence-corrected chi connectivity index (χ1v) is 12.3. The van der Waals surface area contributed by atoms with Crippen molar-refractivity contribution >= 4 is 0 Å². The van der Waals surface area contributed by atoms with Gasteiger partial charge in [0.15, 0.2) is 0 Å². The Hall–Kier alpha value is -0.320. The molecule has 6 rings (SSSR count). The summed E-state index contributed by atoms with van der Waals surface area (Å²) in [6, 6.07) is -0.515. The van der Waals surface area contributed by atoms with Crippen LogP contribution in [0.1, 0.15) is 32.6 Å². The van der Waals surface area contributed by atoms with E-state index in [2.05, 4.69) is 11.8 Å². The third kappa shape index (κ3) is 1.99. The molecule has 8 nitrogen and oxygen atoms in total. The largest absolute Gasteiger partial charge is 0.392 e. The summed E-state index contributed by atoms with van der Waals surface area (Å²) in [5.41, 5.74) is -4.43. The zero-order valence-electron chi connectivity index (χ0n) is 19.6. The van der Waals surface area contributed by atoms with E-state index in [0.29, 0.717) is 26.1 Å². The lowest BCUT2D eigenvalue weighted by molar-refractivity contribution is -0.318. The fourth-order valence-electron chi connectivity index (χ4n) is 10.7. The number of nitrogens with zero attached hydrogens (tertiary/aromatic N) is 1. The van der Waals surface area contributed by atoms with E-state index in [1.165, 1.54) is 0 Å². The van der Waals surface area contributed by atoms with E-state index in [9.17, 15) is 20.4 Å². The van der Waals surface area contributed by atoms with Crippen LogP contribution in [-0.4, -0.2) is 108 Å². The minimum atomic E-state index is -1.78. The van der Waals surface area contributed by atoms with Gasteiger partial charge in [-0.25, -0.2) is 0 Å². The predicted octanol–water partition coefficient (Wildman–Crippen LogP) is -0.383. The van der Waals surface area contributed by atoms with Gasteiger partial charge in [-0.3, -0.25) is 4.90 Å². The predicted molar refractivity (Wildman–Crippen MR) is 114 cm³/mol. The fourth-order valence-corrected chi connectivity index (χ4v) is 10.7. The number of methoxy groups -OCH3 is 3. The number of fused-ring (bicyclic) bond motifs is 2. The summed E-state index contributed by atoms with van der Waals surface area (Å²) in [6.45, 7) is 3.90. The Labute approximate surface area is 189 Å². The molecule has 4 N–H and O–H groups in total. The molecule has 1 heterocycles. The third-order valence-corrected chi connectivity index (χ3v) is 11.3. The summed E-state index contributed by atoms with van der Waals surface area (Å²) in [6.07, 6.45) is 0.0262. The molecule has 1 saturated heterocycles. The molecule has 0 aromatic carbocycles. The molecule has 1 unspecified atom stereocenters. The average molecular weight is 454 g/mol. The summed E-state index contributed by atoms with van der Waals surface area (Å²) >= 11 is 0. The highest BCUT2D eigenvalue weighted by atomic mass is 16.5. The monoisotopic (exact) mass is 453 g/mol. The van der Waals surface area contributed by atoms with E-state index in [1.54, 1.807) is 21.3 Å². The first-order chi connectivity index (χ1) is 15.2. The standard InChI is InChI=1S/C24H39NO7/c1-5-25-10-21(11-30-2)7-6-15(26)23-13-8-12-14(31-3)9-22(28,16(13)17(12)32-4)24(29,20(23)25)19(27)18(21)23/h12-20,26-29H,5-11H2,1-4H3/t12-,13-,14+,15+,16-,17+,18-,19+,20?,21+,22-,23+,24-/m1/s1. The van der Waals surface area contributed by atoms with Crippen molar-refractivity contribution in [1.29, 1.82) is 0 Å². The summed E-state index contributed by atoms with van der Waals surface area (Å²) in [4.78, 5) is 2.23. The summed E-state index contributed by atoms with van der Waals surface area (Å²) in [5, 5.41) is 48.9. The number of piperidine rings is 1. The molecule has 0 radical (unpaired) electrons. The molecule has 6 fully saturated rings. The zero-order chi connectivity index (χ0) is 22.8. The molecular formula is C24H39NO7. The van der Waals surface area contributed by atoms with Crippen LogP contribution in [0.4, 0.5) is 0 Å². The van der Waals surface area contributed by atoms with Crippen LogP contribution in [0.25, 0.3) is 0 Å². The second-order valence-electron chi connectivity index (χ2n) is 11.7. The van der Waals surface area contributed by atoms with E-state index in [1.807, 2.05) is 0 Å². The lowest BCUT2D eigenvalue weighted by Gasteiger charge is -2.69. The summed E-state index contributed by atoms with van der Waals surface area (Å²) in [5.74, 6) is -0.671. The highest BCUT2D eigenvalue weighted by molar-refractivity contribution is 5.41. The normalized spacial score (nSPS) is 62.4. The smallest absolute Gasteiger partial charge is 0.136 e. The minimum Gasteiger partial charge on any atom is -0.392 e. The molecule has 5 saturated carbocycles. The topological polar surface area (TPSA) is 112 Å². The second-order valence-corrected chi connectivity index (χ2v) is 11.7. The number of aliphatic hydroxyl groups is 4. The van der Waals surface area contributed by atoms with Crippen molar-refractivity contribution in [3.63, 3.8) is 0 Å². The molecule has 32 heavy (non-hydrogen) atoms. The van der Waals surface area contributed by atoms with Gasteiger partial charge in [-0.2, -0.15) is 0 Å². The lowest BCUT2D eigenvalue weighted by atomic mass is 9.42. The molecule has 1 spiro atoms. The summed E-state index contributed by atoms with van der Waals surface area (Å²) < 4.78 is 17.5. The number of hydrogen-bond donors (Lipinski definition) is 4. The highest BCUT2D eigenvalue weighted by Crippen LogP contribution is 2.79. The number of likely N-dealkylation sites (N-methyl/N-ethyl adjacent to an activating group) is 1. The van der Waals surface area contributed by atoms with Gasteiger partial charge in [-0.1, -0.05) is 6.92 Å². The average Bonchev–Trinajstić information content (AvgIpc) is 3.19. The van der Waals surface area contributed by atoms with Crippen LogP contribution >= 0.6 is 0 Å². The van der Waals surface area contributed by atoms with Crippen LogP contribution in [0.5, 0.6) is 0 Å². The second kappa shape index (κ2) is 6.66. The van der Waals surface area contributed by atoms with Crippen LogP contribution in [0.15, 0.2) is 0 Å². The Morgan fingerprint density at radius 1 is 1.09 bits per heavy atom. The van der Waals surface area contributed by atoms with Gasteiger partial charge < -0.3 is 34.6 Å². The van der Waals surface area contributed by atoms with E-state index < -0.39 is 34.9 Å². The van der Waals surface area contributed by atoms with Crippen molar-refractivity contribution in [3.8, 4) is 0 Å². The minimum absolute atomic E-state index is 0.0732. The van der Waals surface area contributed by atoms with Crippen molar-refractivity contribution in [3.05, 3.63) is 0 Å². The molecule has 13 atom stereocenters. The molecule has 0 aromatic heterocycles. The van der Waals surface area contributed by atoms with E-state index in [4.69, 9.17) is 14.2 Å². The van der Waals surface area contributed by atoms with Crippen molar-refractivity contribution in [2.45, 2.75) is 74.3 Å². The van der Waals surface area contributed by atoms with E-state index in [0.717, 1.165) is 12.8 Å². The number of hydrogen-bond acceptors (Lipinski definition) is 8. The van der Waals surface area contributed by atoms with Gasteiger partial charge >= 0.3 is 0 Å². The Morgan fingerprint density at radius 2 is 1.84 bits per heavy atom. The van der Waals surface area contributed by atoms with Gasteiger partial charge in [0.2, 0.25) is 0 Å². The molecule has 7 bridgehead atoms. The first-order valence-electron chi connectivity index (χ1n) is 12.3. The maximum atomic E-state index is 12.6. The van der Waals surface area contributed by atoms with Gasteiger partial charge in [0, 0.05) is 62.9 Å². The van der Waals surface area contributed by atoms with Crippen molar-refractivity contribution in [2.75, 3.05) is 41.0 Å². The van der Waals surface area contributed by atoms with Crippen molar-refractivity contribution < 1.29 is 34.6 Å². The van der Waals surface area contributed by atoms with Gasteiger partial charge in [0.05, 0.1) is 37.1 Å². The number of ether oxygens (including phenoxy) is 3. The highest BCUT2D eigenvalue weighted by Gasteiger charge is 2.91. The Bertz CT molecular complexity index is 798. The fraction of sp³-hybridized carbons (Fsp3) is 1.00. The molecule has 5 aliphatic carbocycles. The first kappa shape index (κ1) is 22.2. The maximum Gasteiger partial charge on any atom is 0.136 e. The van der Waals surface area contributed by atoms with Crippen molar-refractivity contribution in [2.24, 2.45) is 34.5 Å². The molecule has 8 heteroatoms. The molecule has 0 aromatic rings. The quantitative estimate of drug-likeness (QED) is 0.446. The van der Waals surface area contributed by atoms with Crippen LogP contribution in [0.3, 0.4) is 0 Å². The lowest BCUT2D eigenvalue weighted by Crippen LogP contribution is -2.82. The van der Waals surface area contributed by atoms with Crippen LogP contribution < -0.4 is 0 Å². The number of likely N-dealkylation sites (tertiary alicyclic amines) is 1. The third-order valence-electron chi connectivity index (χ3n) is 11.3. The number of aliphatic hydroxyl groups excluding tert-OH is 2. The zero-order valence-corrected chi connectivity index (χ0v) is 19.6. The molecule has 182 valence electrons. The van der Waals surface area contributed by atoms with E-state index in [-0.39, 0.29) is 47.7 Å². The molecule has 0 amide bonds. The Balaban J connectivity index is 1.65.